The van der Waals surface area contributed by atoms with Crippen LogP contribution in [-0.2, 0) is 11.3 Å². The van der Waals surface area contributed by atoms with Gasteiger partial charge < -0.3 is 0 Å². The Morgan fingerprint density at radius 1 is 1.17 bits per heavy atom. The van der Waals surface area contributed by atoms with E-state index in [4.69, 9.17) is 16.7 Å². The summed E-state index contributed by atoms with van der Waals surface area (Å²) in [6.45, 7) is 0.488. The minimum Gasteiger partial charge on any atom is -0.273 e. The van der Waals surface area contributed by atoms with Crippen LogP contribution in [0.1, 0.15) is 24.0 Å². The van der Waals surface area contributed by atoms with Gasteiger partial charge in [0.05, 0.1) is 12.3 Å². The molecule has 4 rings (SSSR count). The Balaban J connectivity index is 1.69. The first-order valence-corrected chi connectivity index (χ1v) is 9.42. The van der Waals surface area contributed by atoms with Crippen molar-refractivity contribution in [3.63, 3.8) is 0 Å². The number of hydrazone groups is 1. The molecule has 1 amide bonds. The van der Waals surface area contributed by atoms with Crippen molar-refractivity contribution in [1.29, 1.82) is 0 Å². The van der Waals surface area contributed by atoms with Gasteiger partial charge in [-0.3, -0.25) is 4.79 Å². The molecule has 122 valence electrons. The van der Waals surface area contributed by atoms with Gasteiger partial charge in [0, 0.05) is 27.8 Å². The van der Waals surface area contributed by atoms with Crippen LogP contribution in [0.5, 0.6) is 0 Å². The topological polar surface area (TPSA) is 32.7 Å². The second kappa shape index (κ2) is 6.61. The summed E-state index contributed by atoms with van der Waals surface area (Å²) in [5, 5.41) is 7.07. The highest BCUT2D eigenvalue weighted by molar-refractivity contribution is 7.99. The fourth-order valence-electron chi connectivity index (χ4n) is 3.19. The van der Waals surface area contributed by atoms with Gasteiger partial charge in [-0.05, 0) is 35.9 Å². The van der Waals surface area contributed by atoms with Crippen LogP contribution in [0.25, 0.3) is 0 Å². The first-order valence-electron chi connectivity index (χ1n) is 8.06. The van der Waals surface area contributed by atoms with Gasteiger partial charge >= 0.3 is 0 Å². The number of fused-ring (bicyclic) bond motifs is 3. The summed E-state index contributed by atoms with van der Waals surface area (Å²) in [5.74, 6) is 1.36. The van der Waals surface area contributed by atoms with E-state index in [0.29, 0.717) is 18.0 Å². The molecule has 2 aliphatic rings. The number of benzene rings is 2. The summed E-state index contributed by atoms with van der Waals surface area (Å²) in [5.41, 5.74) is 3.27. The molecule has 0 spiro atoms. The molecule has 1 atom stereocenters. The number of amides is 1. The highest BCUT2D eigenvalue weighted by atomic mass is 35.5. The van der Waals surface area contributed by atoms with Crippen molar-refractivity contribution in [2.45, 2.75) is 24.3 Å². The third kappa shape index (κ3) is 3.08. The van der Waals surface area contributed by atoms with Crippen molar-refractivity contribution in [3.05, 3.63) is 64.7 Å². The largest absolute Gasteiger partial charge is 0.273 e. The molecule has 24 heavy (non-hydrogen) atoms. The van der Waals surface area contributed by atoms with Crippen LogP contribution >= 0.6 is 23.4 Å². The normalized spacial score (nSPS) is 20.0. The molecule has 0 bridgehead atoms. The molecule has 3 nitrogen and oxygen atoms in total. The number of carbonyl (C=O) groups is 1. The van der Waals surface area contributed by atoms with Gasteiger partial charge in [0.2, 0.25) is 5.91 Å². The first kappa shape index (κ1) is 15.7. The lowest BCUT2D eigenvalue weighted by Gasteiger charge is -2.29. The van der Waals surface area contributed by atoms with E-state index in [-0.39, 0.29) is 11.8 Å². The van der Waals surface area contributed by atoms with Gasteiger partial charge in [-0.1, -0.05) is 41.9 Å². The summed E-state index contributed by atoms with van der Waals surface area (Å²) in [7, 11) is 0. The molecule has 2 aromatic carbocycles. The molecule has 0 fully saturated rings. The van der Waals surface area contributed by atoms with E-state index in [9.17, 15) is 4.79 Å². The zero-order chi connectivity index (χ0) is 16.5. The van der Waals surface area contributed by atoms with Crippen LogP contribution in [0.2, 0.25) is 5.02 Å². The fraction of sp³-hybridized carbons (Fsp3) is 0.263. The molecule has 0 radical (unpaired) electrons. The minimum atomic E-state index is 0.100. The van der Waals surface area contributed by atoms with Crippen LogP contribution in [0.4, 0.5) is 0 Å². The molecule has 0 aromatic heterocycles. The number of carbonyl (C=O) groups excluding carboxylic acids is 1. The average molecular weight is 357 g/mol. The van der Waals surface area contributed by atoms with E-state index in [1.54, 1.807) is 5.01 Å². The van der Waals surface area contributed by atoms with Gasteiger partial charge in [0.1, 0.15) is 0 Å². The van der Waals surface area contributed by atoms with Gasteiger partial charge in [0.15, 0.2) is 0 Å². The van der Waals surface area contributed by atoms with Gasteiger partial charge in [-0.2, -0.15) is 5.10 Å². The van der Waals surface area contributed by atoms with Crippen LogP contribution in [0.15, 0.2) is 58.5 Å². The van der Waals surface area contributed by atoms with Gasteiger partial charge in [-0.25, -0.2) is 5.01 Å². The quantitative estimate of drug-likeness (QED) is 0.788. The number of nitrogens with zero attached hydrogens (tertiary/aromatic N) is 2. The summed E-state index contributed by atoms with van der Waals surface area (Å²) in [6.07, 6.45) is 1.54. The summed E-state index contributed by atoms with van der Waals surface area (Å²) in [6, 6.07) is 16.0. The monoisotopic (exact) mass is 356 g/mol. The van der Waals surface area contributed by atoms with Crippen molar-refractivity contribution in [3.8, 4) is 0 Å². The van der Waals surface area contributed by atoms with Crippen molar-refractivity contribution >= 4 is 35.0 Å². The first-order chi connectivity index (χ1) is 11.7. The zero-order valence-electron chi connectivity index (χ0n) is 13.1. The van der Waals surface area contributed by atoms with E-state index in [2.05, 4.69) is 18.2 Å². The zero-order valence-corrected chi connectivity index (χ0v) is 14.7. The van der Waals surface area contributed by atoms with Crippen LogP contribution < -0.4 is 0 Å². The van der Waals surface area contributed by atoms with Crippen LogP contribution in [-0.4, -0.2) is 22.4 Å². The number of rotatable bonds is 2. The number of hydrogen-bond donors (Lipinski definition) is 0. The van der Waals surface area contributed by atoms with Crippen molar-refractivity contribution in [1.82, 2.24) is 5.01 Å². The van der Waals surface area contributed by atoms with Gasteiger partial charge in [0.25, 0.3) is 0 Å². The fourth-order valence-corrected chi connectivity index (χ4v) is 4.45. The molecule has 0 saturated carbocycles. The lowest BCUT2D eigenvalue weighted by Crippen LogP contribution is -2.36. The number of halogens is 1. The SMILES string of the molecule is O=C1CC2CCSc3ccccc3C2=NN1Cc1ccc(Cl)cc1. The van der Waals surface area contributed by atoms with E-state index in [1.807, 2.05) is 42.1 Å². The summed E-state index contributed by atoms with van der Waals surface area (Å²) in [4.78, 5) is 13.8. The lowest BCUT2D eigenvalue weighted by molar-refractivity contribution is -0.133. The maximum atomic E-state index is 12.5. The second-order valence-electron chi connectivity index (χ2n) is 6.10. The van der Waals surface area contributed by atoms with E-state index in [0.717, 1.165) is 23.4 Å². The van der Waals surface area contributed by atoms with E-state index in [1.165, 1.54) is 10.5 Å². The van der Waals surface area contributed by atoms with Gasteiger partial charge in [-0.15, -0.1) is 11.8 Å². The highest BCUT2D eigenvalue weighted by Gasteiger charge is 2.32. The second-order valence-corrected chi connectivity index (χ2v) is 7.67. The molecule has 0 aliphatic carbocycles. The molecule has 2 aromatic rings. The van der Waals surface area contributed by atoms with Crippen LogP contribution in [0, 0.1) is 5.92 Å². The minimum absolute atomic E-state index is 0.100. The maximum Gasteiger partial charge on any atom is 0.243 e. The smallest absolute Gasteiger partial charge is 0.243 e. The third-order valence-electron chi connectivity index (χ3n) is 4.46. The molecular formula is C19H17ClN2OS. The molecule has 2 aliphatic heterocycles. The van der Waals surface area contributed by atoms with Crippen molar-refractivity contribution in [2.24, 2.45) is 11.0 Å². The molecule has 0 saturated heterocycles. The number of hydrogen-bond acceptors (Lipinski definition) is 3. The van der Waals surface area contributed by atoms with Crippen molar-refractivity contribution in [2.75, 3.05) is 5.75 Å². The lowest BCUT2D eigenvalue weighted by atomic mass is 9.90. The average Bonchev–Trinajstić information content (AvgIpc) is 2.76. The molecule has 5 heteroatoms. The Morgan fingerprint density at radius 2 is 1.96 bits per heavy atom. The van der Waals surface area contributed by atoms with Crippen molar-refractivity contribution < 1.29 is 4.79 Å². The van der Waals surface area contributed by atoms with E-state index >= 15 is 0 Å². The Bertz CT molecular complexity index is 803. The third-order valence-corrected chi connectivity index (χ3v) is 5.82. The summed E-state index contributed by atoms with van der Waals surface area (Å²) >= 11 is 7.80. The highest BCUT2D eigenvalue weighted by Crippen LogP contribution is 2.35. The van der Waals surface area contributed by atoms with Crippen LogP contribution in [0.3, 0.4) is 0 Å². The molecule has 2 heterocycles. The molecular weight excluding hydrogens is 340 g/mol. The summed E-state index contributed by atoms with van der Waals surface area (Å²) < 4.78 is 0. The Labute approximate surface area is 150 Å². The molecule has 1 unspecified atom stereocenters. The maximum absolute atomic E-state index is 12.5. The standard InChI is InChI=1S/C19H17ClN2OS/c20-15-7-5-13(6-8-15)12-22-18(23)11-14-9-10-24-17-4-2-1-3-16(17)19(14)21-22/h1-8,14H,9-12H2. The Kier molecular flexibility index (Phi) is 4.33. The predicted octanol–water partition coefficient (Wildman–Crippen LogP) is 4.59. The van der Waals surface area contributed by atoms with E-state index < -0.39 is 0 Å². The molecule has 0 N–H and O–H groups in total. The Hall–Kier alpha value is -1.78. The number of thioether (sulfide) groups is 1. The predicted molar refractivity (Wildman–Crippen MR) is 98.4 cm³/mol. The Morgan fingerprint density at radius 3 is 2.79 bits per heavy atom.